The standard InChI is InChI=1S/C16H23N/c1-14(15-8-4-2-5-9-15)12-13-17-16-10-6-3-7-11-16/h2-6,8-9,14,16-17H,7,10-13H2,1H3. The van der Waals surface area contributed by atoms with E-state index in [-0.39, 0.29) is 0 Å². The van der Waals surface area contributed by atoms with Gasteiger partial charge < -0.3 is 5.32 Å². The molecule has 1 aromatic carbocycles. The first-order valence-corrected chi connectivity index (χ1v) is 6.79. The van der Waals surface area contributed by atoms with Crippen molar-refractivity contribution in [2.24, 2.45) is 0 Å². The van der Waals surface area contributed by atoms with E-state index in [9.17, 15) is 0 Å². The molecule has 0 saturated carbocycles. The van der Waals surface area contributed by atoms with Crippen molar-refractivity contribution in [3.05, 3.63) is 48.0 Å². The van der Waals surface area contributed by atoms with Gasteiger partial charge >= 0.3 is 0 Å². The summed E-state index contributed by atoms with van der Waals surface area (Å²) in [5.41, 5.74) is 1.46. The van der Waals surface area contributed by atoms with Crippen LogP contribution in [0, 0.1) is 0 Å². The molecule has 0 saturated heterocycles. The van der Waals surface area contributed by atoms with E-state index >= 15 is 0 Å². The van der Waals surface area contributed by atoms with E-state index in [1.165, 1.54) is 31.2 Å². The van der Waals surface area contributed by atoms with Crippen LogP contribution in [0.2, 0.25) is 0 Å². The maximum Gasteiger partial charge on any atom is 0.0104 e. The topological polar surface area (TPSA) is 12.0 Å². The van der Waals surface area contributed by atoms with Gasteiger partial charge in [0.2, 0.25) is 0 Å². The van der Waals surface area contributed by atoms with Gasteiger partial charge in [-0.15, -0.1) is 0 Å². The van der Waals surface area contributed by atoms with Crippen LogP contribution in [-0.4, -0.2) is 12.6 Å². The van der Waals surface area contributed by atoms with Crippen LogP contribution in [0.15, 0.2) is 42.5 Å². The highest BCUT2D eigenvalue weighted by atomic mass is 14.9. The maximum absolute atomic E-state index is 3.67. The molecule has 92 valence electrons. The van der Waals surface area contributed by atoms with Crippen molar-refractivity contribution in [2.45, 2.75) is 44.6 Å². The van der Waals surface area contributed by atoms with Crippen molar-refractivity contribution >= 4 is 0 Å². The summed E-state index contributed by atoms with van der Waals surface area (Å²) >= 11 is 0. The predicted octanol–water partition coefficient (Wildman–Crippen LogP) is 3.88. The fourth-order valence-electron chi connectivity index (χ4n) is 2.43. The first kappa shape index (κ1) is 12.4. The Bertz CT molecular complexity index is 342. The Labute approximate surface area is 105 Å². The average Bonchev–Trinajstić information content (AvgIpc) is 2.41. The fraction of sp³-hybridized carbons (Fsp3) is 0.500. The zero-order valence-corrected chi connectivity index (χ0v) is 10.7. The molecule has 0 radical (unpaired) electrons. The minimum atomic E-state index is 0.655. The summed E-state index contributed by atoms with van der Waals surface area (Å²) in [5.74, 6) is 0.655. The smallest absolute Gasteiger partial charge is 0.0104 e. The molecule has 2 unspecified atom stereocenters. The predicted molar refractivity (Wildman–Crippen MR) is 74.3 cm³/mol. The van der Waals surface area contributed by atoms with Gasteiger partial charge in [-0.3, -0.25) is 0 Å². The second kappa shape index (κ2) is 6.61. The first-order valence-electron chi connectivity index (χ1n) is 6.79. The van der Waals surface area contributed by atoms with E-state index in [1.807, 2.05) is 0 Å². The monoisotopic (exact) mass is 229 g/mol. The summed E-state index contributed by atoms with van der Waals surface area (Å²) in [7, 11) is 0. The summed E-state index contributed by atoms with van der Waals surface area (Å²) in [4.78, 5) is 0. The molecule has 1 N–H and O–H groups in total. The van der Waals surface area contributed by atoms with Gasteiger partial charge in [0.15, 0.2) is 0 Å². The number of hydrogen-bond acceptors (Lipinski definition) is 1. The van der Waals surface area contributed by atoms with Gasteiger partial charge in [-0.1, -0.05) is 49.4 Å². The Balaban J connectivity index is 1.70. The molecule has 1 heteroatoms. The van der Waals surface area contributed by atoms with Crippen molar-refractivity contribution in [1.29, 1.82) is 0 Å². The molecular weight excluding hydrogens is 206 g/mol. The molecule has 2 rings (SSSR count). The minimum Gasteiger partial charge on any atom is -0.314 e. The van der Waals surface area contributed by atoms with Crippen LogP contribution in [0.5, 0.6) is 0 Å². The normalized spacial score (nSPS) is 21.4. The highest BCUT2D eigenvalue weighted by molar-refractivity contribution is 5.18. The van der Waals surface area contributed by atoms with Crippen LogP contribution in [0.25, 0.3) is 0 Å². The van der Waals surface area contributed by atoms with E-state index < -0.39 is 0 Å². The summed E-state index contributed by atoms with van der Waals surface area (Å²) < 4.78 is 0. The molecule has 2 atom stereocenters. The molecule has 17 heavy (non-hydrogen) atoms. The summed E-state index contributed by atoms with van der Waals surface area (Å²) in [6.07, 6.45) is 9.58. The van der Waals surface area contributed by atoms with E-state index in [2.05, 4.69) is 54.7 Å². The third-order valence-electron chi connectivity index (χ3n) is 3.65. The van der Waals surface area contributed by atoms with Crippen molar-refractivity contribution in [3.8, 4) is 0 Å². The lowest BCUT2D eigenvalue weighted by Crippen LogP contribution is -2.31. The fourth-order valence-corrected chi connectivity index (χ4v) is 2.43. The second-order valence-electron chi connectivity index (χ2n) is 5.04. The van der Waals surface area contributed by atoms with Crippen molar-refractivity contribution < 1.29 is 0 Å². The maximum atomic E-state index is 3.67. The van der Waals surface area contributed by atoms with Crippen LogP contribution < -0.4 is 5.32 Å². The van der Waals surface area contributed by atoms with Gasteiger partial charge in [0.05, 0.1) is 0 Å². The highest BCUT2D eigenvalue weighted by Crippen LogP contribution is 2.18. The van der Waals surface area contributed by atoms with E-state index in [0.29, 0.717) is 12.0 Å². The molecule has 1 nitrogen and oxygen atoms in total. The van der Waals surface area contributed by atoms with Gasteiger partial charge in [0.25, 0.3) is 0 Å². The Morgan fingerprint density at radius 3 is 2.76 bits per heavy atom. The van der Waals surface area contributed by atoms with Gasteiger partial charge in [0, 0.05) is 6.04 Å². The van der Waals surface area contributed by atoms with Gasteiger partial charge in [-0.05, 0) is 43.7 Å². The number of hydrogen-bond donors (Lipinski definition) is 1. The molecule has 0 aliphatic heterocycles. The number of benzene rings is 1. The molecule has 0 bridgehead atoms. The molecule has 1 aromatic rings. The van der Waals surface area contributed by atoms with Crippen molar-refractivity contribution in [3.63, 3.8) is 0 Å². The van der Waals surface area contributed by atoms with Crippen molar-refractivity contribution in [2.75, 3.05) is 6.54 Å². The van der Waals surface area contributed by atoms with Gasteiger partial charge in [-0.25, -0.2) is 0 Å². The lowest BCUT2D eigenvalue weighted by molar-refractivity contribution is 0.459. The summed E-state index contributed by atoms with van der Waals surface area (Å²) in [6.45, 7) is 3.45. The van der Waals surface area contributed by atoms with E-state index in [4.69, 9.17) is 0 Å². The Kier molecular flexibility index (Phi) is 4.81. The molecule has 0 fully saturated rings. The lowest BCUT2D eigenvalue weighted by atomic mass is 9.97. The number of rotatable bonds is 5. The second-order valence-corrected chi connectivity index (χ2v) is 5.04. The molecule has 1 aliphatic rings. The zero-order chi connectivity index (χ0) is 11.9. The highest BCUT2D eigenvalue weighted by Gasteiger charge is 2.10. The largest absolute Gasteiger partial charge is 0.314 e. The van der Waals surface area contributed by atoms with Gasteiger partial charge in [-0.2, -0.15) is 0 Å². The average molecular weight is 229 g/mol. The number of nitrogens with one attached hydrogen (secondary N) is 1. The lowest BCUT2D eigenvalue weighted by Gasteiger charge is -2.20. The molecule has 0 spiro atoms. The number of allylic oxidation sites excluding steroid dienone is 1. The zero-order valence-electron chi connectivity index (χ0n) is 10.7. The van der Waals surface area contributed by atoms with E-state index in [1.54, 1.807) is 0 Å². The third kappa shape index (κ3) is 4.01. The Morgan fingerprint density at radius 2 is 2.06 bits per heavy atom. The van der Waals surface area contributed by atoms with Crippen LogP contribution in [-0.2, 0) is 0 Å². The molecule has 0 aromatic heterocycles. The molecule has 0 heterocycles. The van der Waals surface area contributed by atoms with Gasteiger partial charge in [0.1, 0.15) is 0 Å². The van der Waals surface area contributed by atoms with Crippen molar-refractivity contribution in [1.82, 2.24) is 5.32 Å². The molecular formula is C16H23N. The first-order chi connectivity index (χ1) is 8.36. The Morgan fingerprint density at radius 1 is 1.24 bits per heavy atom. The third-order valence-corrected chi connectivity index (χ3v) is 3.65. The SMILES string of the molecule is CC(CCNC1CC=CCC1)c1ccccc1. The molecule has 0 amide bonds. The molecule has 1 aliphatic carbocycles. The quantitative estimate of drug-likeness (QED) is 0.756. The summed E-state index contributed by atoms with van der Waals surface area (Å²) in [6, 6.07) is 11.5. The van der Waals surface area contributed by atoms with Crippen LogP contribution >= 0.6 is 0 Å². The van der Waals surface area contributed by atoms with Crippen LogP contribution in [0.3, 0.4) is 0 Å². The summed E-state index contributed by atoms with van der Waals surface area (Å²) in [5, 5.41) is 3.67. The Hall–Kier alpha value is -1.08. The minimum absolute atomic E-state index is 0.655. The van der Waals surface area contributed by atoms with E-state index in [0.717, 1.165) is 6.54 Å². The van der Waals surface area contributed by atoms with Crippen LogP contribution in [0.1, 0.15) is 44.1 Å². The van der Waals surface area contributed by atoms with Crippen LogP contribution in [0.4, 0.5) is 0 Å².